The summed E-state index contributed by atoms with van der Waals surface area (Å²) in [6, 6.07) is 15.1. The number of halogens is 1. The molecule has 2 aliphatic rings. The number of benzene rings is 3. The molecule has 193 valence electrons. The number of sulfonamides is 1. The molecule has 1 saturated carbocycles. The van der Waals surface area contributed by atoms with Crippen LogP contribution in [0, 0.1) is 5.82 Å². The molecule has 1 fully saturated rings. The first-order chi connectivity index (χ1) is 18.2. The lowest BCUT2D eigenvalue weighted by Gasteiger charge is -2.25. The Morgan fingerprint density at radius 2 is 1.89 bits per heavy atom. The Kier molecular flexibility index (Phi) is 6.04. The van der Waals surface area contributed by atoms with Crippen LogP contribution in [0.25, 0.3) is 22.3 Å². The summed E-state index contributed by atoms with van der Waals surface area (Å²) in [7, 11) is -0.455. The number of fused-ring (bicyclic) bond motifs is 2. The highest BCUT2D eigenvalue weighted by molar-refractivity contribution is 7.92. The van der Waals surface area contributed by atoms with E-state index in [0.717, 1.165) is 35.0 Å². The zero-order chi connectivity index (χ0) is 26.6. The lowest BCUT2D eigenvalue weighted by atomic mass is 9.86. The Labute approximate surface area is 220 Å². The fourth-order valence-corrected chi connectivity index (χ4v) is 5.89. The Morgan fingerprint density at radius 3 is 2.58 bits per heavy atom. The first kappa shape index (κ1) is 24.7. The molecular formula is C28H25BFN2O5S. The monoisotopic (exact) mass is 531 g/mol. The summed E-state index contributed by atoms with van der Waals surface area (Å²) < 4.78 is 52.9. The summed E-state index contributed by atoms with van der Waals surface area (Å²) in [6.45, 7) is 0.648. The topological polar surface area (TPSA) is 88.8 Å². The zero-order valence-corrected chi connectivity index (χ0v) is 21.8. The van der Waals surface area contributed by atoms with Gasteiger partial charge in [0, 0.05) is 24.1 Å². The van der Waals surface area contributed by atoms with Crippen molar-refractivity contribution in [3.63, 3.8) is 0 Å². The molecule has 0 unspecified atom stereocenters. The second kappa shape index (κ2) is 9.29. The highest BCUT2D eigenvalue weighted by atomic mass is 32.2. The average Bonchev–Trinajstić information content (AvgIpc) is 3.51. The van der Waals surface area contributed by atoms with Gasteiger partial charge in [-0.3, -0.25) is 9.10 Å². The van der Waals surface area contributed by atoms with Crippen LogP contribution in [0.2, 0.25) is 0 Å². The van der Waals surface area contributed by atoms with E-state index in [1.54, 1.807) is 25.7 Å². The molecule has 38 heavy (non-hydrogen) atoms. The SMILES string of the molecule is CNC(=O)c1c(-c2ccc(F)cc2)oc2cc(N(Cc3ccc4c(c3)[B]OC4)S(C)(=O)=O)c(C3CC3)cc12. The predicted molar refractivity (Wildman–Crippen MR) is 145 cm³/mol. The third kappa shape index (κ3) is 4.48. The standard InChI is InChI=1S/C28H25BFN2O5S/c1-31-28(33)26-22-12-21(17-5-6-17)24(13-25(22)37-27(26)18-7-9-20(30)10-8-18)32(38(2,34)35)14-16-3-4-19-15-36-29-23(19)11-16/h3-4,7-13,17H,5-6,14-15H2,1-2H3,(H,31,33). The highest BCUT2D eigenvalue weighted by Crippen LogP contribution is 2.48. The van der Waals surface area contributed by atoms with E-state index in [4.69, 9.17) is 9.07 Å². The zero-order valence-electron chi connectivity index (χ0n) is 21.0. The van der Waals surface area contributed by atoms with E-state index in [9.17, 15) is 17.6 Å². The number of furan rings is 1. The maximum absolute atomic E-state index is 13.6. The molecule has 4 aromatic rings. The largest absolute Gasteiger partial charge is 0.455 e. The maximum Gasteiger partial charge on any atom is 0.330 e. The normalized spacial score (nSPS) is 14.8. The van der Waals surface area contributed by atoms with Crippen LogP contribution >= 0.6 is 0 Å². The van der Waals surface area contributed by atoms with E-state index in [-0.39, 0.29) is 18.4 Å². The average molecular weight is 531 g/mol. The number of rotatable bonds is 7. The smallest absolute Gasteiger partial charge is 0.330 e. The van der Waals surface area contributed by atoms with Crippen molar-refractivity contribution in [2.45, 2.75) is 31.9 Å². The number of amides is 1. The van der Waals surface area contributed by atoms with Gasteiger partial charge in [0.25, 0.3) is 5.91 Å². The molecule has 0 spiro atoms. The third-order valence-electron chi connectivity index (χ3n) is 7.07. The highest BCUT2D eigenvalue weighted by Gasteiger charge is 2.33. The van der Waals surface area contributed by atoms with Crippen molar-refractivity contribution in [2.75, 3.05) is 17.6 Å². The van der Waals surface area contributed by atoms with Crippen molar-refractivity contribution in [3.8, 4) is 11.3 Å². The summed E-state index contributed by atoms with van der Waals surface area (Å²) in [5.74, 6) is -0.251. The van der Waals surface area contributed by atoms with Crippen LogP contribution in [0.4, 0.5) is 10.1 Å². The van der Waals surface area contributed by atoms with Gasteiger partial charge >= 0.3 is 7.48 Å². The molecule has 6 rings (SSSR count). The van der Waals surface area contributed by atoms with Crippen molar-refractivity contribution in [1.29, 1.82) is 0 Å². The molecule has 0 saturated heterocycles. The van der Waals surface area contributed by atoms with Crippen molar-refractivity contribution in [3.05, 3.63) is 82.7 Å². The Balaban J connectivity index is 1.52. The van der Waals surface area contributed by atoms with Gasteiger partial charge in [0.1, 0.15) is 17.2 Å². The van der Waals surface area contributed by atoms with Crippen molar-refractivity contribution in [1.82, 2.24) is 5.32 Å². The number of anilines is 1. The lowest BCUT2D eigenvalue weighted by Crippen LogP contribution is -2.30. The number of hydrogen-bond acceptors (Lipinski definition) is 5. The van der Waals surface area contributed by atoms with Crippen LogP contribution in [0.1, 0.15) is 45.8 Å². The van der Waals surface area contributed by atoms with Crippen LogP contribution < -0.4 is 15.1 Å². The molecule has 1 N–H and O–H groups in total. The summed E-state index contributed by atoms with van der Waals surface area (Å²) >= 11 is 0. The number of nitrogens with one attached hydrogen (secondary N) is 1. The van der Waals surface area contributed by atoms with Crippen LogP contribution in [0.5, 0.6) is 0 Å². The fraction of sp³-hybridized carbons (Fsp3) is 0.250. The maximum atomic E-state index is 13.6. The number of carbonyl (C=O) groups is 1. The van der Waals surface area contributed by atoms with Crippen molar-refractivity contribution in [2.24, 2.45) is 0 Å². The van der Waals surface area contributed by atoms with Crippen molar-refractivity contribution >= 4 is 45.5 Å². The molecule has 10 heteroatoms. The van der Waals surface area contributed by atoms with E-state index in [1.807, 2.05) is 24.3 Å². The molecule has 1 aliphatic heterocycles. The molecule has 1 amide bonds. The Bertz CT molecular complexity index is 1680. The van der Waals surface area contributed by atoms with Gasteiger partial charge < -0.3 is 14.4 Å². The minimum Gasteiger partial charge on any atom is -0.455 e. The molecule has 1 aliphatic carbocycles. The van der Waals surface area contributed by atoms with Crippen LogP contribution in [-0.4, -0.2) is 35.1 Å². The molecule has 3 aromatic carbocycles. The summed E-state index contributed by atoms with van der Waals surface area (Å²) in [5, 5.41) is 3.26. The lowest BCUT2D eigenvalue weighted by molar-refractivity contribution is 0.0964. The molecule has 0 bridgehead atoms. The summed E-state index contributed by atoms with van der Waals surface area (Å²) in [6.07, 6.45) is 3.05. The number of hydrogen-bond donors (Lipinski definition) is 1. The first-order valence-corrected chi connectivity index (χ1v) is 14.2. The minimum atomic E-state index is -3.68. The Morgan fingerprint density at radius 1 is 1.13 bits per heavy atom. The molecule has 1 radical (unpaired) electrons. The summed E-state index contributed by atoms with van der Waals surface area (Å²) in [4.78, 5) is 13.0. The van der Waals surface area contributed by atoms with E-state index >= 15 is 0 Å². The molecule has 7 nitrogen and oxygen atoms in total. The van der Waals surface area contributed by atoms with Gasteiger partial charge in [-0.05, 0) is 71.2 Å². The Hall–Kier alpha value is -3.63. The first-order valence-electron chi connectivity index (χ1n) is 12.4. The van der Waals surface area contributed by atoms with Gasteiger partial charge in [-0.15, -0.1) is 0 Å². The number of carbonyl (C=O) groups excluding carboxylic acids is 1. The van der Waals surface area contributed by atoms with E-state index in [0.29, 0.717) is 40.2 Å². The van der Waals surface area contributed by atoms with E-state index in [1.165, 1.54) is 29.7 Å². The van der Waals surface area contributed by atoms with Gasteiger partial charge in [-0.1, -0.05) is 18.2 Å². The van der Waals surface area contributed by atoms with Gasteiger partial charge in [0.05, 0.1) is 30.7 Å². The minimum absolute atomic E-state index is 0.138. The predicted octanol–water partition coefficient (Wildman–Crippen LogP) is 4.22. The van der Waals surface area contributed by atoms with Gasteiger partial charge in [0.15, 0.2) is 0 Å². The molecule has 0 atom stereocenters. The molecule has 1 aromatic heterocycles. The fourth-order valence-electron chi connectivity index (χ4n) is 4.99. The second-order valence-electron chi connectivity index (χ2n) is 9.81. The van der Waals surface area contributed by atoms with Gasteiger partial charge in [0.2, 0.25) is 10.0 Å². The molecule has 2 heterocycles. The van der Waals surface area contributed by atoms with Gasteiger partial charge in [-0.2, -0.15) is 0 Å². The van der Waals surface area contributed by atoms with Crippen LogP contribution in [-0.2, 0) is 27.8 Å². The quantitative estimate of drug-likeness (QED) is 0.361. The van der Waals surface area contributed by atoms with Gasteiger partial charge in [-0.25, -0.2) is 12.8 Å². The number of nitrogens with zero attached hydrogens (tertiary/aromatic N) is 1. The second-order valence-corrected chi connectivity index (χ2v) is 11.7. The van der Waals surface area contributed by atoms with E-state index < -0.39 is 15.8 Å². The van der Waals surface area contributed by atoms with Crippen LogP contribution in [0.3, 0.4) is 0 Å². The van der Waals surface area contributed by atoms with E-state index in [2.05, 4.69) is 5.32 Å². The third-order valence-corrected chi connectivity index (χ3v) is 8.20. The molecular weight excluding hydrogens is 506 g/mol. The van der Waals surface area contributed by atoms with Crippen LogP contribution in [0.15, 0.2) is 59.0 Å². The summed E-state index contributed by atoms with van der Waals surface area (Å²) in [5.41, 5.74) is 5.49. The van der Waals surface area contributed by atoms with Crippen molar-refractivity contribution < 1.29 is 26.7 Å².